The van der Waals surface area contributed by atoms with Gasteiger partial charge in [-0.3, -0.25) is 9.59 Å². The molecule has 1 rings (SSSR count). The largest absolute Gasteiger partial charge is 0.356 e. The van der Waals surface area contributed by atoms with Crippen molar-refractivity contribution in [1.82, 2.24) is 5.32 Å². The summed E-state index contributed by atoms with van der Waals surface area (Å²) < 4.78 is 0. The van der Waals surface area contributed by atoms with E-state index in [1.807, 2.05) is 37.3 Å². The van der Waals surface area contributed by atoms with Crippen LogP contribution in [-0.4, -0.2) is 24.9 Å². The van der Waals surface area contributed by atoms with Crippen molar-refractivity contribution >= 4 is 17.5 Å². The lowest BCUT2D eigenvalue weighted by Crippen LogP contribution is -2.36. The molecule has 0 atom stereocenters. The summed E-state index contributed by atoms with van der Waals surface area (Å²) in [7, 11) is 0. The molecule has 0 fully saturated rings. The summed E-state index contributed by atoms with van der Waals surface area (Å²) in [4.78, 5) is 25.3. The van der Waals surface area contributed by atoms with Crippen molar-refractivity contribution in [1.29, 1.82) is 0 Å². The molecule has 0 radical (unpaired) electrons. The summed E-state index contributed by atoms with van der Waals surface area (Å²) >= 11 is 0. The van der Waals surface area contributed by atoms with Crippen LogP contribution in [0.15, 0.2) is 30.3 Å². The standard InChI is InChI=1S/C15H22N2O2/c1-3-5-11-16-14(18)12-15(19)17(4-2)13-9-7-6-8-10-13/h6-10H,3-5,11-12H2,1-2H3,(H,16,18). The van der Waals surface area contributed by atoms with Crippen LogP contribution in [0, 0.1) is 0 Å². The van der Waals surface area contributed by atoms with Gasteiger partial charge in [-0.2, -0.15) is 0 Å². The van der Waals surface area contributed by atoms with E-state index in [1.165, 1.54) is 0 Å². The molecule has 0 saturated carbocycles. The van der Waals surface area contributed by atoms with E-state index in [1.54, 1.807) is 4.90 Å². The maximum atomic E-state index is 12.1. The van der Waals surface area contributed by atoms with Gasteiger partial charge in [0.2, 0.25) is 11.8 Å². The van der Waals surface area contributed by atoms with E-state index in [4.69, 9.17) is 0 Å². The van der Waals surface area contributed by atoms with Crippen LogP contribution in [0.25, 0.3) is 0 Å². The number of nitrogens with zero attached hydrogens (tertiary/aromatic N) is 1. The smallest absolute Gasteiger partial charge is 0.236 e. The Bertz CT molecular complexity index is 404. The lowest BCUT2D eigenvalue weighted by molar-refractivity contribution is -0.127. The number of hydrogen-bond acceptors (Lipinski definition) is 2. The SMILES string of the molecule is CCCCNC(=O)CC(=O)N(CC)c1ccccc1. The second-order valence-electron chi connectivity index (χ2n) is 4.35. The second kappa shape index (κ2) is 8.29. The molecule has 0 aliphatic heterocycles. The van der Waals surface area contributed by atoms with Gasteiger partial charge in [0.1, 0.15) is 6.42 Å². The van der Waals surface area contributed by atoms with E-state index >= 15 is 0 Å². The van der Waals surface area contributed by atoms with E-state index in [0.29, 0.717) is 13.1 Å². The Morgan fingerprint density at radius 3 is 2.42 bits per heavy atom. The lowest BCUT2D eigenvalue weighted by atomic mass is 10.2. The van der Waals surface area contributed by atoms with E-state index in [2.05, 4.69) is 12.2 Å². The summed E-state index contributed by atoms with van der Waals surface area (Å²) in [6, 6.07) is 9.41. The Labute approximate surface area is 114 Å². The Kier molecular flexibility index (Phi) is 6.64. The second-order valence-corrected chi connectivity index (χ2v) is 4.35. The zero-order valence-electron chi connectivity index (χ0n) is 11.7. The summed E-state index contributed by atoms with van der Waals surface area (Å²) in [6.45, 7) is 5.16. The van der Waals surface area contributed by atoms with Gasteiger partial charge in [0, 0.05) is 18.8 Å². The highest BCUT2D eigenvalue weighted by atomic mass is 16.2. The molecule has 104 valence electrons. The van der Waals surface area contributed by atoms with Crippen molar-refractivity contribution in [2.45, 2.75) is 33.1 Å². The highest BCUT2D eigenvalue weighted by Crippen LogP contribution is 2.13. The van der Waals surface area contributed by atoms with Gasteiger partial charge in [0.25, 0.3) is 0 Å². The van der Waals surface area contributed by atoms with Crippen LogP contribution in [0.4, 0.5) is 5.69 Å². The minimum atomic E-state index is -0.201. The van der Waals surface area contributed by atoms with Crippen molar-refractivity contribution in [3.63, 3.8) is 0 Å². The van der Waals surface area contributed by atoms with Gasteiger partial charge in [-0.1, -0.05) is 31.5 Å². The molecule has 0 bridgehead atoms. The molecule has 0 aliphatic rings. The molecule has 2 amide bonds. The monoisotopic (exact) mass is 262 g/mol. The Morgan fingerprint density at radius 1 is 1.16 bits per heavy atom. The zero-order valence-corrected chi connectivity index (χ0v) is 11.7. The molecule has 19 heavy (non-hydrogen) atoms. The topological polar surface area (TPSA) is 49.4 Å². The summed E-state index contributed by atoms with van der Waals surface area (Å²) in [5, 5.41) is 2.76. The summed E-state index contributed by atoms with van der Waals surface area (Å²) in [5.41, 5.74) is 0.830. The maximum Gasteiger partial charge on any atom is 0.236 e. The van der Waals surface area contributed by atoms with Crippen molar-refractivity contribution in [3.05, 3.63) is 30.3 Å². The number of hydrogen-bond donors (Lipinski definition) is 1. The summed E-state index contributed by atoms with van der Waals surface area (Å²) in [5.74, 6) is -0.365. The average Bonchev–Trinajstić information content (AvgIpc) is 2.41. The fraction of sp³-hybridized carbons (Fsp3) is 0.467. The van der Waals surface area contributed by atoms with Gasteiger partial charge in [-0.05, 0) is 25.5 Å². The van der Waals surface area contributed by atoms with Crippen LogP contribution >= 0.6 is 0 Å². The highest BCUT2D eigenvalue weighted by Gasteiger charge is 2.16. The zero-order chi connectivity index (χ0) is 14.1. The molecule has 0 heterocycles. The van der Waals surface area contributed by atoms with Gasteiger partial charge in [-0.25, -0.2) is 0 Å². The van der Waals surface area contributed by atoms with Crippen molar-refractivity contribution in [2.24, 2.45) is 0 Å². The van der Waals surface area contributed by atoms with Crippen LogP contribution < -0.4 is 10.2 Å². The van der Waals surface area contributed by atoms with Crippen molar-refractivity contribution < 1.29 is 9.59 Å². The first kappa shape index (κ1) is 15.2. The van der Waals surface area contributed by atoms with Crippen molar-refractivity contribution in [2.75, 3.05) is 18.0 Å². The number of benzene rings is 1. The van der Waals surface area contributed by atoms with Gasteiger partial charge in [0.15, 0.2) is 0 Å². The molecule has 4 heteroatoms. The Hall–Kier alpha value is -1.84. The van der Waals surface area contributed by atoms with Gasteiger partial charge < -0.3 is 10.2 Å². The predicted molar refractivity (Wildman–Crippen MR) is 77.0 cm³/mol. The third-order valence-electron chi connectivity index (χ3n) is 2.85. The first-order valence-corrected chi connectivity index (χ1v) is 6.81. The van der Waals surface area contributed by atoms with Crippen LogP contribution in [-0.2, 0) is 9.59 Å². The first-order valence-electron chi connectivity index (χ1n) is 6.81. The quantitative estimate of drug-likeness (QED) is 0.605. The molecule has 4 nitrogen and oxygen atoms in total. The highest BCUT2D eigenvalue weighted by molar-refractivity contribution is 6.04. The molecular formula is C15H22N2O2. The number of anilines is 1. The van der Waals surface area contributed by atoms with Gasteiger partial charge >= 0.3 is 0 Å². The minimum absolute atomic E-state index is 0.0908. The fourth-order valence-corrected chi connectivity index (χ4v) is 1.81. The number of carbonyl (C=O) groups is 2. The van der Waals surface area contributed by atoms with Gasteiger partial charge in [0.05, 0.1) is 0 Å². The predicted octanol–water partition coefficient (Wildman–Crippen LogP) is 2.35. The number of nitrogens with one attached hydrogen (secondary N) is 1. The van der Waals surface area contributed by atoms with Crippen LogP contribution in [0.3, 0.4) is 0 Å². The van der Waals surface area contributed by atoms with E-state index in [0.717, 1.165) is 18.5 Å². The number of unbranched alkanes of at least 4 members (excludes halogenated alkanes) is 1. The number of para-hydroxylation sites is 1. The minimum Gasteiger partial charge on any atom is -0.356 e. The van der Waals surface area contributed by atoms with E-state index in [9.17, 15) is 9.59 Å². The van der Waals surface area contributed by atoms with Crippen molar-refractivity contribution in [3.8, 4) is 0 Å². The molecule has 1 aromatic carbocycles. The molecule has 0 spiro atoms. The van der Waals surface area contributed by atoms with Crippen LogP contribution in [0.5, 0.6) is 0 Å². The summed E-state index contributed by atoms with van der Waals surface area (Å²) in [6.07, 6.45) is 1.88. The first-order chi connectivity index (χ1) is 9.19. The van der Waals surface area contributed by atoms with Crippen LogP contribution in [0.2, 0.25) is 0 Å². The molecule has 1 aromatic rings. The molecule has 0 unspecified atom stereocenters. The van der Waals surface area contributed by atoms with Crippen LogP contribution in [0.1, 0.15) is 33.1 Å². The molecule has 1 N–H and O–H groups in total. The number of amides is 2. The van der Waals surface area contributed by atoms with E-state index < -0.39 is 0 Å². The maximum absolute atomic E-state index is 12.1. The van der Waals surface area contributed by atoms with E-state index in [-0.39, 0.29) is 18.2 Å². The Balaban J connectivity index is 2.53. The normalized spacial score (nSPS) is 10.0. The third kappa shape index (κ3) is 5.12. The third-order valence-corrected chi connectivity index (χ3v) is 2.85. The molecule has 0 saturated heterocycles. The number of rotatable bonds is 7. The fourth-order valence-electron chi connectivity index (χ4n) is 1.81. The van der Waals surface area contributed by atoms with Gasteiger partial charge in [-0.15, -0.1) is 0 Å². The molecule has 0 aliphatic carbocycles. The lowest BCUT2D eigenvalue weighted by Gasteiger charge is -2.20. The Morgan fingerprint density at radius 2 is 1.84 bits per heavy atom. The molecular weight excluding hydrogens is 240 g/mol. The molecule has 0 aromatic heterocycles. The number of carbonyl (C=O) groups excluding carboxylic acids is 2. The average molecular weight is 262 g/mol.